The molecule has 3 atom stereocenters. The second-order valence-corrected chi connectivity index (χ2v) is 13.6. The van der Waals surface area contributed by atoms with Gasteiger partial charge in [-0.05, 0) is 71.5 Å². The topological polar surface area (TPSA) is 69.6 Å². The van der Waals surface area contributed by atoms with Gasteiger partial charge in [0.15, 0.2) is 0 Å². The zero-order valence-corrected chi connectivity index (χ0v) is 26.8. The second-order valence-electron chi connectivity index (χ2n) is 13.6. The highest BCUT2D eigenvalue weighted by molar-refractivity contribution is 6.03. The molecule has 8 heteroatoms. The maximum Gasteiger partial charge on any atom is 0.233 e. The van der Waals surface area contributed by atoms with Crippen LogP contribution in [0, 0.1) is 17.6 Å². The highest BCUT2D eigenvalue weighted by atomic mass is 19.1. The summed E-state index contributed by atoms with van der Waals surface area (Å²) in [5.41, 5.74) is 6.95. The van der Waals surface area contributed by atoms with Gasteiger partial charge in [0, 0.05) is 29.8 Å². The highest BCUT2D eigenvalue weighted by Crippen LogP contribution is 2.46. The fraction of sp³-hybridized carbons (Fsp3) is 0.300. The Balaban J connectivity index is 0.961. The van der Waals surface area contributed by atoms with Gasteiger partial charge in [-0.2, -0.15) is 0 Å². The number of hydrogen-bond donors (Lipinski definition) is 2. The summed E-state index contributed by atoms with van der Waals surface area (Å²) in [5.74, 6) is -1.28. The number of hydrogen-bond acceptors (Lipinski definition) is 3. The number of rotatable bonds is 12. The number of anilines is 1. The molecular formula is C40H40F2N3O3+. The number of β-lactam (4-membered cyclic amide) rings is 1. The number of fused-ring (bicyclic) bond motifs is 2. The summed E-state index contributed by atoms with van der Waals surface area (Å²) in [7, 11) is 0. The molecule has 2 bridgehead atoms. The van der Waals surface area contributed by atoms with E-state index in [2.05, 4.69) is 35.7 Å². The van der Waals surface area contributed by atoms with Crippen molar-refractivity contribution in [3.05, 3.63) is 148 Å². The number of nitrogens with zero attached hydrogens (tertiary/aromatic N) is 2. The Morgan fingerprint density at radius 3 is 2.12 bits per heavy atom. The Morgan fingerprint density at radius 2 is 1.48 bits per heavy atom. The van der Waals surface area contributed by atoms with E-state index in [1.807, 2.05) is 24.3 Å². The number of benzene rings is 4. The van der Waals surface area contributed by atoms with Crippen molar-refractivity contribution in [3.8, 4) is 0 Å². The smallest absolute Gasteiger partial charge is 0.233 e. The van der Waals surface area contributed by atoms with Crippen LogP contribution < -0.4 is 10.2 Å². The summed E-state index contributed by atoms with van der Waals surface area (Å²) in [6.45, 7) is 5.00. The van der Waals surface area contributed by atoms with Gasteiger partial charge in [-0.3, -0.25) is 9.59 Å². The van der Waals surface area contributed by atoms with Crippen molar-refractivity contribution >= 4 is 17.5 Å². The van der Waals surface area contributed by atoms with E-state index in [0.29, 0.717) is 37.1 Å². The van der Waals surface area contributed by atoms with E-state index in [1.54, 1.807) is 34.7 Å². The maximum absolute atomic E-state index is 13.7. The van der Waals surface area contributed by atoms with Crippen molar-refractivity contribution in [3.63, 3.8) is 0 Å². The van der Waals surface area contributed by atoms with E-state index in [4.69, 9.17) is 0 Å². The molecule has 4 aliphatic rings. The normalized spacial score (nSPS) is 19.9. The van der Waals surface area contributed by atoms with E-state index in [1.165, 1.54) is 55.9 Å². The summed E-state index contributed by atoms with van der Waals surface area (Å²) in [6, 6.07) is 27.5. The van der Waals surface area contributed by atoms with Gasteiger partial charge in [0.05, 0.1) is 31.0 Å². The number of carbonyl (C=O) groups excluding carboxylic acids is 2. The second kappa shape index (κ2) is 13.5. The third-order valence-electron chi connectivity index (χ3n) is 10.2. The van der Waals surface area contributed by atoms with Crippen LogP contribution in [-0.4, -0.2) is 41.0 Å². The molecule has 0 spiro atoms. The lowest BCUT2D eigenvalue weighted by Crippen LogP contribution is -2.61. The molecule has 246 valence electrons. The van der Waals surface area contributed by atoms with Crippen LogP contribution in [0.2, 0.25) is 0 Å². The van der Waals surface area contributed by atoms with Crippen LogP contribution in [-0.2, 0) is 29.1 Å². The molecule has 2 amide bonds. The molecule has 4 heterocycles. The van der Waals surface area contributed by atoms with E-state index >= 15 is 0 Å². The van der Waals surface area contributed by atoms with Gasteiger partial charge in [-0.15, -0.1) is 0 Å². The molecular weight excluding hydrogens is 608 g/mol. The van der Waals surface area contributed by atoms with Gasteiger partial charge in [0.2, 0.25) is 11.8 Å². The van der Waals surface area contributed by atoms with Crippen LogP contribution in [0.15, 0.2) is 109 Å². The molecule has 3 unspecified atom stereocenters. The van der Waals surface area contributed by atoms with Crippen LogP contribution in [0.4, 0.5) is 14.5 Å². The van der Waals surface area contributed by atoms with Crippen molar-refractivity contribution in [1.82, 2.24) is 5.32 Å². The van der Waals surface area contributed by atoms with E-state index in [0.717, 1.165) is 27.7 Å². The Morgan fingerprint density at radius 1 is 0.854 bits per heavy atom. The van der Waals surface area contributed by atoms with Crippen LogP contribution in [0.1, 0.15) is 59.2 Å². The van der Waals surface area contributed by atoms with Gasteiger partial charge in [-0.25, -0.2) is 8.78 Å². The number of amides is 2. The van der Waals surface area contributed by atoms with Gasteiger partial charge >= 0.3 is 0 Å². The number of nitrogens with one attached hydrogen (secondary N) is 1. The lowest BCUT2D eigenvalue weighted by molar-refractivity contribution is -0.962. The molecule has 4 aromatic rings. The number of aliphatic hydroxyl groups is 1. The summed E-state index contributed by atoms with van der Waals surface area (Å²) in [4.78, 5) is 27.9. The summed E-state index contributed by atoms with van der Waals surface area (Å²) < 4.78 is 28.2. The fourth-order valence-electron chi connectivity index (χ4n) is 7.56. The van der Waals surface area contributed by atoms with Gasteiger partial charge < -0.3 is 19.8 Å². The Bertz CT molecular complexity index is 1800. The molecule has 48 heavy (non-hydrogen) atoms. The van der Waals surface area contributed by atoms with Crippen LogP contribution >= 0.6 is 0 Å². The largest absolute Gasteiger partial charge is 0.388 e. The Kier molecular flexibility index (Phi) is 8.94. The van der Waals surface area contributed by atoms with Crippen LogP contribution in [0.3, 0.4) is 0 Å². The monoisotopic (exact) mass is 648 g/mol. The van der Waals surface area contributed by atoms with Crippen molar-refractivity contribution in [2.45, 2.75) is 50.9 Å². The van der Waals surface area contributed by atoms with Crippen molar-refractivity contribution < 1.29 is 28.0 Å². The van der Waals surface area contributed by atoms with Gasteiger partial charge in [0.25, 0.3) is 0 Å². The number of quaternary nitrogens is 1. The molecule has 2 fully saturated rings. The number of carbonyl (C=O) groups is 2. The highest BCUT2D eigenvalue weighted by Gasteiger charge is 2.48. The predicted octanol–water partition coefficient (Wildman–Crippen LogP) is 6.70. The third-order valence-corrected chi connectivity index (χ3v) is 10.2. The standard InChI is InChI=1S/C40H39F2N3O3/c41-33-13-11-31(12-14-33)37(46)20-19-36-39(44(40(36)48)35-17-15-34(42)16-18-35)32-9-7-28(8-10-32)23-43-38(47)22-27-3-5-29(6-4-27)24-45-21-1-2-30(25-45)26-45/h2-18,36-37,39,46H,1,19-26H2/p+1. The minimum atomic E-state index is -0.827. The molecule has 2 N–H and O–H groups in total. The van der Waals surface area contributed by atoms with Crippen molar-refractivity contribution in [1.29, 1.82) is 0 Å². The summed E-state index contributed by atoms with van der Waals surface area (Å²) >= 11 is 0. The Labute approximate surface area is 279 Å². The maximum atomic E-state index is 13.7. The zero-order valence-electron chi connectivity index (χ0n) is 26.8. The molecule has 6 nitrogen and oxygen atoms in total. The number of aliphatic hydroxyl groups excluding tert-OH is 1. The molecule has 4 aromatic carbocycles. The zero-order chi connectivity index (χ0) is 33.3. The summed E-state index contributed by atoms with van der Waals surface area (Å²) in [6.07, 6.45) is 3.81. The Hall–Kier alpha value is -4.66. The molecule has 4 aliphatic heterocycles. The lowest BCUT2D eigenvalue weighted by Gasteiger charge is -2.50. The lowest BCUT2D eigenvalue weighted by atomic mass is 9.78. The SMILES string of the molecule is O=C(Cc1ccc(C[N+]23CCC=C(C2)C3)cc1)NCc1ccc(C2C(CCC(O)c3ccc(F)cc3)C(=O)N2c2ccc(F)cc2)cc1. The van der Waals surface area contributed by atoms with Crippen LogP contribution in [0.25, 0.3) is 0 Å². The van der Waals surface area contributed by atoms with Crippen molar-refractivity contribution in [2.75, 3.05) is 24.5 Å². The van der Waals surface area contributed by atoms with E-state index < -0.39 is 6.10 Å². The molecule has 0 aliphatic carbocycles. The molecule has 0 radical (unpaired) electrons. The first-order chi connectivity index (χ1) is 23.2. The molecule has 2 saturated heterocycles. The van der Waals surface area contributed by atoms with Gasteiger partial charge in [-0.1, -0.05) is 66.7 Å². The molecule has 0 aromatic heterocycles. The first-order valence-electron chi connectivity index (χ1n) is 16.7. The molecule has 0 saturated carbocycles. The average molecular weight is 649 g/mol. The minimum absolute atomic E-state index is 0.0471. The average Bonchev–Trinajstić information content (AvgIpc) is 3.08. The minimum Gasteiger partial charge on any atom is -0.388 e. The van der Waals surface area contributed by atoms with E-state index in [9.17, 15) is 23.5 Å². The molecule has 8 rings (SSSR count). The number of halogens is 2. The van der Waals surface area contributed by atoms with Crippen molar-refractivity contribution in [2.24, 2.45) is 5.92 Å². The third kappa shape index (κ3) is 6.82. The summed E-state index contributed by atoms with van der Waals surface area (Å²) in [5, 5.41) is 13.8. The van der Waals surface area contributed by atoms with Crippen LogP contribution in [0.5, 0.6) is 0 Å². The first kappa shape index (κ1) is 31.9. The fourth-order valence-corrected chi connectivity index (χ4v) is 7.56. The quantitative estimate of drug-likeness (QED) is 0.102. The van der Waals surface area contributed by atoms with Gasteiger partial charge in [0.1, 0.15) is 31.3 Å². The predicted molar refractivity (Wildman–Crippen MR) is 180 cm³/mol. The first-order valence-corrected chi connectivity index (χ1v) is 16.7. The van der Waals surface area contributed by atoms with E-state index in [-0.39, 0.29) is 35.4 Å².